The number of carbonyl (C=O) groups is 1. The zero-order valence-electron chi connectivity index (χ0n) is 14.0. The quantitative estimate of drug-likeness (QED) is 0.761. The average molecular weight is 327 g/mol. The van der Waals surface area contributed by atoms with Crippen molar-refractivity contribution in [3.8, 4) is 12.3 Å². The van der Waals surface area contributed by atoms with Crippen LogP contribution in [-0.2, 0) is 11.2 Å². The first-order chi connectivity index (χ1) is 11.5. The van der Waals surface area contributed by atoms with Crippen LogP contribution in [0.3, 0.4) is 0 Å². The van der Waals surface area contributed by atoms with Crippen LogP contribution in [-0.4, -0.2) is 29.6 Å². The molecule has 4 nitrogen and oxygen atoms in total. The number of halogens is 1. The van der Waals surface area contributed by atoms with E-state index in [9.17, 15) is 9.18 Å². The van der Waals surface area contributed by atoms with Crippen LogP contribution in [0.4, 0.5) is 4.39 Å². The van der Waals surface area contributed by atoms with E-state index < -0.39 is 5.66 Å². The minimum atomic E-state index is -0.411. The van der Waals surface area contributed by atoms with Gasteiger partial charge in [0.25, 0.3) is 0 Å². The molecule has 1 aromatic carbocycles. The van der Waals surface area contributed by atoms with Crippen molar-refractivity contribution in [2.24, 2.45) is 10.2 Å². The number of benzene rings is 1. The number of hydrogen-bond acceptors (Lipinski definition) is 3. The molecule has 0 radical (unpaired) electrons. The maximum atomic E-state index is 13.5. The predicted molar refractivity (Wildman–Crippen MR) is 90.0 cm³/mol. The molecule has 2 aliphatic heterocycles. The van der Waals surface area contributed by atoms with E-state index >= 15 is 0 Å². The first-order valence-electron chi connectivity index (χ1n) is 8.47. The van der Waals surface area contributed by atoms with E-state index in [-0.39, 0.29) is 17.6 Å². The van der Waals surface area contributed by atoms with Gasteiger partial charge in [-0.2, -0.15) is 10.2 Å². The molecule has 0 aliphatic carbocycles. The number of hydrogen-bond donors (Lipinski definition) is 0. The van der Waals surface area contributed by atoms with Crippen molar-refractivity contribution in [3.05, 3.63) is 35.1 Å². The standard InChI is InChI=1S/C19H22FN3O/c1-3-4-9-19(21-22-19)10-7-18(24)23-11-8-15-5-6-16(20)12-17(15)14(2)13-23/h1,5-6,12,14H,4,7-11,13H2,2H3. The molecule has 24 heavy (non-hydrogen) atoms. The summed E-state index contributed by atoms with van der Waals surface area (Å²) in [5.74, 6) is 2.63. The van der Waals surface area contributed by atoms with E-state index in [0.717, 1.165) is 24.0 Å². The zero-order chi connectivity index (χ0) is 17.2. The fourth-order valence-electron chi connectivity index (χ4n) is 3.39. The van der Waals surface area contributed by atoms with Crippen molar-refractivity contribution in [1.82, 2.24) is 4.90 Å². The highest BCUT2D eigenvalue weighted by atomic mass is 19.1. The van der Waals surface area contributed by atoms with Gasteiger partial charge in [-0.15, -0.1) is 12.3 Å². The van der Waals surface area contributed by atoms with Crippen LogP contribution in [0.5, 0.6) is 0 Å². The monoisotopic (exact) mass is 327 g/mol. The molecule has 1 amide bonds. The van der Waals surface area contributed by atoms with Crippen molar-refractivity contribution in [2.45, 2.75) is 50.6 Å². The molecule has 0 bridgehead atoms. The van der Waals surface area contributed by atoms with E-state index in [1.54, 1.807) is 6.07 Å². The highest BCUT2D eigenvalue weighted by Gasteiger charge is 2.39. The van der Waals surface area contributed by atoms with Crippen molar-refractivity contribution < 1.29 is 9.18 Å². The van der Waals surface area contributed by atoms with Gasteiger partial charge in [0.1, 0.15) is 5.82 Å². The Kier molecular flexibility index (Phi) is 4.66. The second-order valence-electron chi connectivity index (χ2n) is 6.72. The molecule has 0 aromatic heterocycles. The zero-order valence-corrected chi connectivity index (χ0v) is 14.0. The number of nitrogens with zero attached hydrogens (tertiary/aromatic N) is 3. The summed E-state index contributed by atoms with van der Waals surface area (Å²) in [4.78, 5) is 14.5. The van der Waals surface area contributed by atoms with Crippen molar-refractivity contribution in [2.75, 3.05) is 13.1 Å². The first-order valence-corrected chi connectivity index (χ1v) is 8.47. The molecule has 0 N–H and O–H groups in total. The smallest absolute Gasteiger partial charge is 0.222 e. The molecule has 1 unspecified atom stereocenters. The predicted octanol–water partition coefficient (Wildman–Crippen LogP) is 3.67. The maximum Gasteiger partial charge on any atom is 0.222 e. The molecule has 5 heteroatoms. The van der Waals surface area contributed by atoms with Gasteiger partial charge in [0.15, 0.2) is 5.66 Å². The highest BCUT2D eigenvalue weighted by molar-refractivity contribution is 5.76. The van der Waals surface area contributed by atoms with E-state index in [1.165, 1.54) is 6.07 Å². The van der Waals surface area contributed by atoms with E-state index in [1.807, 2.05) is 17.9 Å². The van der Waals surface area contributed by atoms with E-state index in [2.05, 4.69) is 16.1 Å². The van der Waals surface area contributed by atoms with Crippen LogP contribution in [0.15, 0.2) is 28.4 Å². The number of fused-ring (bicyclic) bond motifs is 1. The van der Waals surface area contributed by atoms with E-state index in [0.29, 0.717) is 32.4 Å². The van der Waals surface area contributed by atoms with Crippen LogP contribution in [0.25, 0.3) is 0 Å². The fourth-order valence-corrected chi connectivity index (χ4v) is 3.39. The van der Waals surface area contributed by atoms with Crippen LogP contribution < -0.4 is 0 Å². The maximum absolute atomic E-state index is 13.5. The molecule has 0 spiro atoms. The molecular formula is C19H22FN3O. The van der Waals surface area contributed by atoms with Gasteiger partial charge >= 0.3 is 0 Å². The second kappa shape index (κ2) is 6.72. The summed E-state index contributed by atoms with van der Waals surface area (Å²) < 4.78 is 13.5. The summed E-state index contributed by atoms with van der Waals surface area (Å²) in [6, 6.07) is 4.94. The normalized spacial score (nSPS) is 20.9. The molecule has 0 saturated carbocycles. The Hall–Kier alpha value is -2.22. The molecule has 3 rings (SSSR count). The molecule has 0 fully saturated rings. The van der Waals surface area contributed by atoms with Crippen LogP contribution >= 0.6 is 0 Å². The van der Waals surface area contributed by atoms with Crippen LogP contribution in [0.2, 0.25) is 0 Å². The number of terminal acetylenes is 1. The molecule has 2 heterocycles. The third kappa shape index (κ3) is 3.64. The molecule has 1 atom stereocenters. The summed E-state index contributed by atoms with van der Waals surface area (Å²) in [5.41, 5.74) is 1.74. The Morgan fingerprint density at radius 3 is 2.96 bits per heavy atom. The second-order valence-corrected chi connectivity index (χ2v) is 6.72. The van der Waals surface area contributed by atoms with Crippen molar-refractivity contribution in [3.63, 3.8) is 0 Å². The lowest BCUT2D eigenvalue weighted by Crippen LogP contribution is -2.34. The van der Waals surface area contributed by atoms with Gasteiger partial charge in [-0.25, -0.2) is 4.39 Å². The minimum absolute atomic E-state index is 0.118. The Morgan fingerprint density at radius 1 is 1.46 bits per heavy atom. The lowest BCUT2D eigenvalue weighted by Gasteiger charge is -2.23. The van der Waals surface area contributed by atoms with Crippen LogP contribution in [0, 0.1) is 18.2 Å². The van der Waals surface area contributed by atoms with E-state index in [4.69, 9.17) is 6.42 Å². The van der Waals surface area contributed by atoms with Gasteiger partial charge in [-0.3, -0.25) is 4.79 Å². The summed E-state index contributed by atoms with van der Waals surface area (Å²) in [5, 5.41) is 8.16. The Bertz CT molecular complexity index is 701. The average Bonchev–Trinajstić information content (AvgIpc) is 3.36. The van der Waals surface area contributed by atoms with Gasteiger partial charge < -0.3 is 4.90 Å². The Morgan fingerprint density at radius 2 is 2.25 bits per heavy atom. The lowest BCUT2D eigenvalue weighted by molar-refractivity contribution is -0.131. The third-order valence-electron chi connectivity index (χ3n) is 4.93. The van der Waals surface area contributed by atoms with Crippen molar-refractivity contribution >= 4 is 5.91 Å². The largest absolute Gasteiger partial charge is 0.342 e. The van der Waals surface area contributed by atoms with Crippen LogP contribution in [0.1, 0.15) is 49.7 Å². The third-order valence-corrected chi connectivity index (χ3v) is 4.93. The summed E-state index contributed by atoms with van der Waals surface area (Å²) in [6.45, 7) is 3.35. The van der Waals surface area contributed by atoms with Gasteiger partial charge in [0, 0.05) is 38.8 Å². The van der Waals surface area contributed by atoms with Gasteiger partial charge in [0.2, 0.25) is 5.91 Å². The summed E-state index contributed by atoms with van der Waals surface area (Å²) in [7, 11) is 0. The number of rotatable bonds is 5. The highest BCUT2D eigenvalue weighted by Crippen LogP contribution is 2.38. The van der Waals surface area contributed by atoms with Crippen molar-refractivity contribution in [1.29, 1.82) is 0 Å². The molecule has 126 valence electrons. The van der Waals surface area contributed by atoms with Gasteiger partial charge in [0.05, 0.1) is 0 Å². The summed E-state index contributed by atoms with van der Waals surface area (Å²) >= 11 is 0. The SMILES string of the molecule is C#CCCC1(CCC(=O)N2CCc3ccc(F)cc3C(C)C2)N=N1. The fraction of sp³-hybridized carbons (Fsp3) is 0.526. The Labute approximate surface area is 142 Å². The molecule has 1 aromatic rings. The van der Waals surface area contributed by atoms with Gasteiger partial charge in [-0.1, -0.05) is 13.0 Å². The number of amides is 1. The lowest BCUT2D eigenvalue weighted by atomic mass is 9.95. The molecule has 0 saturated heterocycles. The first kappa shape index (κ1) is 16.6. The topological polar surface area (TPSA) is 45.0 Å². The molecule has 2 aliphatic rings. The minimum Gasteiger partial charge on any atom is -0.342 e. The number of carbonyl (C=O) groups excluding carboxylic acids is 1. The molecular weight excluding hydrogens is 305 g/mol. The van der Waals surface area contributed by atoms with Gasteiger partial charge in [-0.05, 0) is 35.6 Å². The summed E-state index contributed by atoms with van der Waals surface area (Å²) in [6.07, 6.45) is 8.45. The Balaban J connectivity index is 1.58.